The number of aromatic amines is 1. The minimum atomic E-state index is 0.622. The summed E-state index contributed by atoms with van der Waals surface area (Å²) in [6, 6.07) is 0. The van der Waals surface area contributed by atoms with E-state index in [-0.39, 0.29) is 0 Å². The molecule has 1 aliphatic carbocycles. The highest BCUT2D eigenvalue weighted by Gasteiger charge is 2.20. The molecule has 0 aromatic carbocycles. The van der Waals surface area contributed by atoms with Crippen molar-refractivity contribution in [3.63, 3.8) is 0 Å². The lowest BCUT2D eigenvalue weighted by atomic mass is 10.1. The fourth-order valence-electron chi connectivity index (χ4n) is 1.89. The molecule has 1 saturated carbocycles. The van der Waals surface area contributed by atoms with Gasteiger partial charge in [-0.05, 0) is 19.8 Å². The molecule has 0 saturated heterocycles. The van der Waals surface area contributed by atoms with Gasteiger partial charge in [0.15, 0.2) is 0 Å². The van der Waals surface area contributed by atoms with Crippen LogP contribution in [0, 0.1) is 0 Å². The standard InChI is InChI=1S/C11H17N3S/c1-8(2)7-15-11-12-10(13-14-11)9-5-3-4-6-9/h9H,1,3-7H2,2H3,(H,12,13,14). The van der Waals surface area contributed by atoms with Crippen molar-refractivity contribution in [1.82, 2.24) is 15.2 Å². The van der Waals surface area contributed by atoms with E-state index in [1.165, 1.54) is 25.7 Å². The number of nitrogens with one attached hydrogen (secondary N) is 1. The molecule has 1 aromatic rings. The van der Waals surface area contributed by atoms with Gasteiger partial charge in [0.05, 0.1) is 0 Å². The molecule has 1 aliphatic rings. The molecule has 82 valence electrons. The number of aromatic nitrogens is 3. The second-order valence-corrected chi connectivity index (χ2v) is 5.17. The molecule has 1 heterocycles. The predicted molar refractivity (Wildman–Crippen MR) is 63.1 cm³/mol. The Balaban J connectivity index is 1.94. The molecule has 0 radical (unpaired) electrons. The van der Waals surface area contributed by atoms with Gasteiger partial charge in [0.1, 0.15) is 5.82 Å². The van der Waals surface area contributed by atoms with Crippen LogP contribution in [-0.4, -0.2) is 20.9 Å². The van der Waals surface area contributed by atoms with Crippen LogP contribution in [0.25, 0.3) is 0 Å². The molecule has 1 aromatic heterocycles. The van der Waals surface area contributed by atoms with Gasteiger partial charge in [-0.3, -0.25) is 5.10 Å². The summed E-state index contributed by atoms with van der Waals surface area (Å²) >= 11 is 1.66. The van der Waals surface area contributed by atoms with Crippen molar-refractivity contribution in [2.75, 3.05) is 5.75 Å². The Bertz CT molecular complexity index is 339. The number of rotatable bonds is 4. The number of H-pyrrole nitrogens is 1. The molecular weight excluding hydrogens is 206 g/mol. The van der Waals surface area contributed by atoms with Crippen molar-refractivity contribution in [3.05, 3.63) is 18.0 Å². The molecule has 0 spiro atoms. The maximum absolute atomic E-state index is 4.52. The Kier molecular flexibility index (Phi) is 3.46. The molecule has 0 aliphatic heterocycles. The van der Waals surface area contributed by atoms with Crippen LogP contribution in [0.5, 0.6) is 0 Å². The molecule has 1 N–H and O–H groups in total. The first-order valence-electron chi connectivity index (χ1n) is 5.45. The van der Waals surface area contributed by atoms with Crippen molar-refractivity contribution >= 4 is 11.8 Å². The maximum Gasteiger partial charge on any atom is 0.208 e. The number of hydrogen-bond acceptors (Lipinski definition) is 3. The molecule has 15 heavy (non-hydrogen) atoms. The molecule has 0 bridgehead atoms. The van der Waals surface area contributed by atoms with Crippen LogP contribution in [0.4, 0.5) is 0 Å². The molecule has 2 rings (SSSR count). The lowest BCUT2D eigenvalue weighted by Gasteiger charge is -2.01. The van der Waals surface area contributed by atoms with E-state index in [0.717, 1.165) is 22.3 Å². The lowest BCUT2D eigenvalue weighted by Crippen LogP contribution is -1.94. The molecule has 0 amide bonds. The fourth-order valence-corrected chi connectivity index (χ4v) is 2.54. The van der Waals surface area contributed by atoms with E-state index in [4.69, 9.17) is 0 Å². The minimum absolute atomic E-state index is 0.622. The molecule has 0 unspecified atom stereocenters. The van der Waals surface area contributed by atoms with E-state index in [9.17, 15) is 0 Å². The van der Waals surface area contributed by atoms with Gasteiger partial charge in [0.2, 0.25) is 5.16 Å². The van der Waals surface area contributed by atoms with Crippen molar-refractivity contribution in [1.29, 1.82) is 0 Å². The zero-order valence-electron chi connectivity index (χ0n) is 9.12. The third kappa shape index (κ3) is 2.84. The topological polar surface area (TPSA) is 41.6 Å². The van der Waals surface area contributed by atoms with Gasteiger partial charge in [-0.15, -0.1) is 5.10 Å². The number of thioether (sulfide) groups is 1. The maximum atomic E-state index is 4.52. The van der Waals surface area contributed by atoms with Gasteiger partial charge < -0.3 is 0 Å². The Hall–Kier alpha value is -0.770. The van der Waals surface area contributed by atoms with Crippen LogP contribution >= 0.6 is 11.8 Å². The van der Waals surface area contributed by atoms with Crippen LogP contribution in [-0.2, 0) is 0 Å². The third-order valence-electron chi connectivity index (χ3n) is 2.67. The summed E-state index contributed by atoms with van der Waals surface area (Å²) in [5, 5.41) is 8.14. The Labute approximate surface area is 94.8 Å². The van der Waals surface area contributed by atoms with Gasteiger partial charge in [-0.25, -0.2) is 4.98 Å². The fraction of sp³-hybridized carbons (Fsp3) is 0.636. The first kappa shape index (κ1) is 10.7. The van der Waals surface area contributed by atoms with E-state index in [1.807, 2.05) is 6.92 Å². The minimum Gasteiger partial charge on any atom is -0.262 e. The highest BCUT2D eigenvalue weighted by atomic mass is 32.2. The van der Waals surface area contributed by atoms with Crippen molar-refractivity contribution in [3.8, 4) is 0 Å². The smallest absolute Gasteiger partial charge is 0.208 e. The van der Waals surface area contributed by atoms with E-state index in [0.29, 0.717) is 5.92 Å². The molecule has 4 heteroatoms. The Morgan fingerprint density at radius 1 is 1.53 bits per heavy atom. The summed E-state index contributed by atoms with van der Waals surface area (Å²) in [5.41, 5.74) is 1.16. The summed E-state index contributed by atoms with van der Waals surface area (Å²) in [6.45, 7) is 5.89. The monoisotopic (exact) mass is 223 g/mol. The largest absolute Gasteiger partial charge is 0.262 e. The summed E-state index contributed by atoms with van der Waals surface area (Å²) in [6.07, 6.45) is 5.19. The summed E-state index contributed by atoms with van der Waals surface area (Å²) in [4.78, 5) is 4.52. The van der Waals surface area contributed by atoms with Crippen LogP contribution < -0.4 is 0 Å². The molecule has 3 nitrogen and oxygen atoms in total. The normalized spacial score (nSPS) is 17.1. The Morgan fingerprint density at radius 2 is 2.27 bits per heavy atom. The van der Waals surface area contributed by atoms with E-state index >= 15 is 0 Å². The highest BCUT2D eigenvalue weighted by molar-refractivity contribution is 7.99. The average Bonchev–Trinajstić information content (AvgIpc) is 2.85. The lowest BCUT2D eigenvalue weighted by molar-refractivity contribution is 0.671. The van der Waals surface area contributed by atoms with E-state index < -0.39 is 0 Å². The zero-order chi connectivity index (χ0) is 10.7. The van der Waals surface area contributed by atoms with Gasteiger partial charge >= 0.3 is 0 Å². The number of nitrogens with zero attached hydrogens (tertiary/aromatic N) is 2. The quantitative estimate of drug-likeness (QED) is 0.630. The van der Waals surface area contributed by atoms with Gasteiger partial charge in [0.25, 0.3) is 0 Å². The molecule has 1 fully saturated rings. The first-order chi connectivity index (χ1) is 7.25. The van der Waals surface area contributed by atoms with Gasteiger partial charge in [-0.2, -0.15) is 0 Å². The third-order valence-corrected chi connectivity index (χ3v) is 3.75. The Morgan fingerprint density at radius 3 is 2.93 bits per heavy atom. The molecular formula is C11H17N3S. The predicted octanol–water partition coefficient (Wildman–Crippen LogP) is 3.13. The number of hydrogen-bond donors (Lipinski definition) is 1. The van der Waals surface area contributed by atoms with Crippen LogP contribution in [0.2, 0.25) is 0 Å². The van der Waals surface area contributed by atoms with E-state index in [1.54, 1.807) is 11.8 Å². The van der Waals surface area contributed by atoms with Crippen molar-refractivity contribution in [2.24, 2.45) is 0 Å². The van der Waals surface area contributed by atoms with Crippen LogP contribution in [0.1, 0.15) is 44.3 Å². The summed E-state index contributed by atoms with van der Waals surface area (Å²) < 4.78 is 0. The van der Waals surface area contributed by atoms with Crippen LogP contribution in [0.3, 0.4) is 0 Å². The average molecular weight is 223 g/mol. The highest BCUT2D eigenvalue weighted by Crippen LogP contribution is 2.32. The molecule has 0 atom stereocenters. The summed E-state index contributed by atoms with van der Waals surface area (Å²) in [7, 11) is 0. The van der Waals surface area contributed by atoms with E-state index in [2.05, 4.69) is 21.8 Å². The van der Waals surface area contributed by atoms with Crippen molar-refractivity contribution in [2.45, 2.75) is 43.7 Å². The second kappa shape index (κ2) is 4.84. The zero-order valence-corrected chi connectivity index (χ0v) is 9.94. The van der Waals surface area contributed by atoms with Crippen LogP contribution in [0.15, 0.2) is 17.3 Å². The van der Waals surface area contributed by atoms with Crippen molar-refractivity contribution < 1.29 is 0 Å². The van der Waals surface area contributed by atoms with Gasteiger partial charge in [-0.1, -0.05) is 36.8 Å². The SMILES string of the molecule is C=C(C)CSc1n[nH]c(C2CCCC2)n1. The first-order valence-corrected chi connectivity index (χ1v) is 6.44. The summed E-state index contributed by atoms with van der Waals surface area (Å²) in [5.74, 6) is 2.61. The second-order valence-electron chi connectivity index (χ2n) is 4.23. The van der Waals surface area contributed by atoms with Gasteiger partial charge in [0, 0.05) is 11.7 Å².